The average molecular weight is 387 g/mol. The van der Waals surface area contributed by atoms with E-state index in [0.717, 1.165) is 11.2 Å². The Hall–Kier alpha value is -3.00. The smallest absolute Gasteiger partial charge is 0.334 e. The maximum Gasteiger partial charge on any atom is 0.334 e. The summed E-state index contributed by atoms with van der Waals surface area (Å²) in [6.45, 7) is 0. The van der Waals surface area contributed by atoms with Crippen molar-refractivity contribution < 1.29 is 27.5 Å². The van der Waals surface area contributed by atoms with Gasteiger partial charge in [0.05, 0.1) is 16.9 Å². The Balaban J connectivity index is 1.91. The summed E-state index contributed by atoms with van der Waals surface area (Å²) in [7, 11) is -3.41. The van der Waals surface area contributed by atoms with Crippen LogP contribution >= 0.6 is 0 Å². The highest BCUT2D eigenvalue weighted by atomic mass is 32.2. The Morgan fingerprint density at radius 2 is 1.48 bits per heavy atom. The second-order valence-corrected chi connectivity index (χ2v) is 8.45. The fraction of sp³-hybridized carbons (Fsp3) is 0.211. The number of hydrogen-bond donors (Lipinski definition) is 0. The van der Waals surface area contributed by atoms with Crippen molar-refractivity contribution in [3.05, 3.63) is 65.7 Å². The molecule has 1 heterocycles. The van der Waals surface area contributed by atoms with Crippen molar-refractivity contribution in [3.8, 4) is 5.75 Å². The molecule has 0 radical (unpaired) electrons. The molecule has 1 unspecified atom stereocenters. The van der Waals surface area contributed by atoms with Gasteiger partial charge in [-0.25, -0.2) is 13.2 Å². The molecule has 7 nitrogen and oxygen atoms in total. The van der Waals surface area contributed by atoms with Gasteiger partial charge in [-0.3, -0.25) is 14.5 Å². The third-order valence-corrected chi connectivity index (χ3v) is 5.11. The van der Waals surface area contributed by atoms with Crippen molar-refractivity contribution in [1.29, 1.82) is 0 Å². The van der Waals surface area contributed by atoms with Gasteiger partial charge in [0.15, 0.2) is 0 Å². The van der Waals surface area contributed by atoms with Crippen LogP contribution in [0, 0.1) is 0 Å². The molecule has 2 aromatic rings. The minimum Gasteiger partial charge on any atom is -0.425 e. The molecule has 2 amide bonds. The average Bonchev–Trinajstić information content (AvgIpc) is 2.87. The van der Waals surface area contributed by atoms with E-state index in [4.69, 9.17) is 4.74 Å². The number of fused-ring (bicyclic) bond motifs is 1. The molecule has 1 aliphatic rings. The van der Waals surface area contributed by atoms with Gasteiger partial charge >= 0.3 is 5.97 Å². The van der Waals surface area contributed by atoms with Crippen LogP contribution in [0.2, 0.25) is 0 Å². The molecule has 0 saturated carbocycles. The van der Waals surface area contributed by atoms with Crippen LogP contribution in [0.4, 0.5) is 0 Å². The number of imide groups is 1. The van der Waals surface area contributed by atoms with Crippen molar-refractivity contribution in [2.75, 3.05) is 12.0 Å². The number of hydrogen-bond acceptors (Lipinski definition) is 6. The number of amides is 2. The summed E-state index contributed by atoms with van der Waals surface area (Å²) < 4.78 is 28.4. The maximum absolute atomic E-state index is 12.7. The summed E-state index contributed by atoms with van der Waals surface area (Å²) in [6.07, 6.45) is 0.783. The highest BCUT2D eigenvalue weighted by Crippen LogP contribution is 2.26. The largest absolute Gasteiger partial charge is 0.425 e. The second kappa shape index (κ2) is 7.32. The normalized spacial score (nSPS) is 14.8. The molecule has 0 aliphatic carbocycles. The number of nitrogens with zero attached hydrogens (tertiary/aromatic N) is 1. The number of para-hydroxylation sites is 1. The first-order valence-corrected chi connectivity index (χ1v) is 10.3. The Kier molecular flexibility index (Phi) is 5.09. The number of ether oxygens (including phenoxy) is 1. The van der Waals surface area contributed by atoms with E-state index < -0.39 is 33.7 Å². The third-order valence-electron chi connectivity index (χ3n) is 4.13. The highest BCUT2D eigenvalue weighted by molar-refractivity contribution is 7.90. The molecule has 140 valence electrons. The summed E-state index contributed by atoms with van der Waals surface area (Å²) in [5.41, 5.74) is 0.360. The van der Waals surface area contributed by atoms with E-state index in [1.807, 2.05) is 0 Å². The van der Waals surface area contributed by atoms with Gasteiger partial charge in [-0.1, -0.05) is 30.3 Å². The molecule has 27 heavy (non-hydrogen) atoms. The molecule has 3 rings (SSSR count). The topological polar surface area (TPSA) is 97.8 Å². The van der Waals surface area contributed by atoms with Gasteiger partial charge in [-0.05, 0) is 30.7 Å². The summed E-state index contributed by atoms with van der Waals surface area (Å²) in [5.74, 6) is -2.27. The minimum atomic E-state index is -3.41. The molecule has 0 fully saturated rings. The molecule has 0 aromatic heterocycles. The molecule has 0 N–H and O–H groups in total. The molecule has 2 aromatic carbocycles. The predicted octanol–water partition coefficient (Wildman–Crippen LogP) is 1.69. The van der Waals surface area contributed by atoms with Crippen LogP contribution in [0.1, 0.15) is 27.1 Å². The van der Waals surface area contributed by atoms with Gasteiger partial charge in [0.25, 0.3) is 11.8 Å². The molecule has 0 spiro atoms. The van der Waals surface area contributed by atoms with E-state index in [2.05, 4.69) is 0 Å². The molecular formula is C19H17NO6S. The van der Waals surface area contributed by atoms with Crippen LogP contribution in [-0.2, 0) is 14.6 Å². The SMILES string of the molecule is CS(=O)(=O)CCC(C(=O)Oc1ccccc1)N1C(=O)c2ccccc2C1=O. The highest BCUT2D eigenvalue weighted by Gasteiger charge is 2.43. The van der Waals surface area contributed by atoms with E-state index in [1.165, 1.54) is 12.1 Å². The molecule has 0 saturated heterocycles. The van der Waals surface area contributed by atoms with Crippen LogP contribution in [-0.4, -0.2) is 49.2 Å². The maximum atomic E-state index is 12.7. The molecular weight excluding hydrogens is 370 g/mol. The lowest BCUT2D eigenvalue weighted by atomic mass is 10.1. The Labute approximate surface area is 156 Å². The molecule has 8 heteroatoms. The van der Waals surface area contributed by atoms with Crippen molar-refractivity contribution in [3.63, 3.8) is 0 Å². The first kappa shape index (κ1) is 18.8. The lowest BCUT2D eigenvalue weighted by molar-refractivity contribution is -0.138. The van der Waals surface area contributed by atoms with Gasteiger partial charge in [0.2, 0.25) is 0 Å². The zero-order valence-corrected chi connectivity index (χ0v) is 15.3. The van der Waals surface area contributed by atoms with E-state index in [1.54, 1.807) is 42.5 Å². The summed E-state index contributed by atoms with van der Waals surface area (Å²) in [5, 5.41) is 0. The van der Waals surface area contributed by atoms with Crippen molar-refractivity contribution in [2.45, 2.75) is 12.5 Å². The minimum absolute atomic E-state index is 0.180. The third kappa shape index (κ3) is 4.06. The van der Waals surface area contributed by atoms with E-state index >= 15 is 0 Å². The zero-order valence-electron chi connectivity index (χ0n) is 14.5. The van der Waals surface area contributed by atoms with Gasteiger partial charge in [-0.15, -0.1) is 0 Å². The molecule has 1 aliphatic heterocycles. The quantitative estimate of drug-likeness (QED) is 0.425. The van der Waals surface area contributed by atoms with E-state index in [-0.39, 0.29) is 29.1 Å². The number of rotatable bonds is 6. The first-order valence-electron chi connectivity index (χ1n) is 8.19. The zero-order chi connectivity index (χ0) is 19.6. The van der Waals surface area contributed by atoms with Gasteiger partial charge in [0.1, 0.15) is 21.6 Å². The van der Waals surface area contributed by atoms with Crippen molar-refractivity contribution in [2.24, 2.45) is 0 Å². The second-order valence-electron chi connectivity index (χ2n) is 6.19. The summed E-state index contributed by atoms with van der Waals surface area (Å²) in [6, 6.07) is 13.0. The summed E-state index contributed by atoms with van der Waals surface area (Å²) >= 11 is 0. The number of carbonyl (C=O) groups excluding carboxylic acids is 3. The Morgan fingerprint density at radius 1 is 0.963 bits per heavy atom. The van der Waals surface area contributed by atoms with Gasteiger partial charge < -0.3 is 4.74 Å². The van der Waals surface area contributed by atoms with Crippen LogP contribution in [0.5, 0.6) is 5.75 Å². The number of carbonyl (C=O) groups is 3. The van der Waals surface area contributed by atoms with Crippen LogP contribution in [0.3, 0.4) is 0 Å². The fourth-order valence-corrected chi connectivity index (χ4v) is 3.49. The lowest BCUT2D eigenvalue weighted by Gasteiger charge is -2.24. The van der Waals surface area contributed by atoms with Gasteiger partial charge in [0, 0.05) is 6.26 Å². The lowest BCUT2D eigenvalue weighted by Crippen LogP contribution is -2.47. The van der Waals surface area contributed by atoms with Crippen molar-refractivity contribution in [1.82, 2.24) is 4.90 Å². The van der Waals surface area contributed by atoms with E-state index in [9.17, 15) is 22.8 Å². The molecule has 1 atom stereocenters. The Bertz CT molecular complexity index is 965. The number of esters is 1. The molecule has 0 bridgehead atoms. The monoisotopic (exact) mass is 387 g/mol. The standard InChI is InChI=1S/C19H17NO6S/c1-27(24,25)12-11-16(19(23)26-13-7-3-2-4-8-13)20-17(21)14-9-5-6-10-15(14)18(20)22/h2-10,16H,11-12H2,1H3. The number of sulfone groups is 1. The van der Waals surface area contributed by atoms with Crippen LogP contribution in [0.25, 0.3) is 0 Å². The Morgan fingerprint density at radius 3 is 2.00 bits per heavy atom. The van der Waals surface area contributed by atoms with E-state index in [0.29, 0.717) is 0 Å². The van der Waals surface area contributed by atoms with Crippen LogP contribution in [0.15, 0.2) is 54.6 Å². The number of benzene rings is 2. The van der Waals surface area contributed by atoms with Gasteiger partial charge in [-0.2, -0.15) is 0 Å². The first-order chi connectivity index (χ1) is 12.8. The van der Waals surface area contributed by atoms with Crippen LogP contribution < -0.4 is 4.74 Å². The fourth-order valence-electron chi connectivity index (χ4n) is 2.84. The predicted molar refractivity (Wildman–Crippen MR) is 97.1 cm³/mol. The van der Waals surface area contributed by atoms with Crippen molar-refractivity contribution >= 4 is 27.6 Å². The summed E-state index contributed by atoms with van der Waals surface area (Å²) in [4.78, 5) is 38.8.